The van der Waals surface area contributed by atoms with E-state index in [1.54, 1.807) is 11.8 Å². The maximum Gasteiger partial charge on any atom is 0.152 e. The Morgan fingerprint density at radius 2 is 1.60 bits per heavy atom. The summed E-state index contributed by atoms with van der Waals surface area (Å²) < 4.78 is 0. The zero-order valence-electron chi connectivity index (χ0n) is 15.8. The maximum absolute atomic E-state index is 12.4. The molecule has 1 rings (SSSR count). The Balaban J connectivity index is 2.68. The first-order chi connectivity index (χ1) is 11.8. The standard InChI is InChI=1S/C20H32N2O2S/c1-13(2)19(23)18(22)12-16-7-5-6-15(11-16)10-14(3)20(24)17(21)8-9-25-4/h5-7,11,13-14,17-18H,8-10,12,21-22H2,1-4H3/t14?,17-,18-/m1/s1. The monoisotopic (exact) mass is 364 g/mol. The predicted octanol–water partition coefficient (Wildman–Crippen LogP) is 2.61. The quantitative estimate of drug-likeness (QED) is 0.630. The lowest BCUT2D eigenvalue weighted by Crippen LogP contribution is -2.36. The molecule has 25 heavy (non-hydrogen) atoms. The molecule has 140 valence electrons. The molecule has 1 aromatic carbocycles. The normalized spacial score (nSPS) is 15.0. The van der Waals surface area contributed by atoms with Gasteiger partial charge in [-0.3, -0.25) is 9.59 Å². The van der Waals surface area contributed by atoms with Crippen LogP contribution in [-0.2, 0) is 22.4 Å². The Kier molecular flexibility index (Phi) is 9.39. The van der Waals surface area contributed by atoms with Gasteiger partial charge >= 0.3 is 0 Å². The molecule has 0 aliphatic heterocycles. The average Bonchev–Trinajstić information content (AvgIpc) is 2.58. The summed E-state index contributed by atoms with van der Waals surface area (Å²) >= 11 is 1.70. The largest absolute Gasteiger partial charge is 0.321 e. The fraction of sp³-hybridized carbons (Fsp3) is 0.600. The number of Topliss-reactive ketones (excluding diaryl/α,β-unsaturated/α-hetero) is 2. The van der Waals surface area contributed by atoms with Crippen LogP contribution in [0.3, 0.4) is 0 Å². The molecule has 1 aromatic rings. The van der Waals surface area contributed by atoms with Gasteiger partial charge in [-0.05, 0) is 42.4 Å². The van der Waals surface area contributed by atoms with E-state index in [2.05, 4.69) is 0 Å². The molecule has 5 heteroatoms. The molecular formula is C20H32N2O2S. The van der Waals surface area contributed by atoms with Crippen LogP contribution in [0.15, 0.2) is 24.3 Å². The number of nitrogens with two attached hydrogens (primary N) is 2. The fourth-order valence-corrected chi connectivity index (χ4v) is 3.36. The van der Waals surface area contributed by atoms with Gasteiger partial charge in [0.1, 0.15) is 0 Å². The van der Waals surface area contributed by atoms with E-state index in [1.165, 1.54) is 0 Å². The van der Waals surface area contributed by atoms with Crippen LogP contribution < -0.4 is 11.5 Å². The number of hydrogen-bond acceptors (Lipinski definition) is 5. The number of hydrogen-bond donors (Lipinski definition) is 2. The van der Waals surface area contributed by atoms with Gasteiger partial charge in [0.2, 0.25) is 0 Å². The second-order valence-electron chi connectivity index (χ2n) is 7.08. The van der Waals surface area contributed by atoms with Gasteiger partial charge in [0, 0.05) is 11.8 Å². The van der Waals surface area contributed by atoms with Crippen molar-refractivity contribution in [1.29, 1.82) is 0 Å². The minimum atomic E-state index is -0.478. The number of benzene rings is 1. The summed E-state index contributed by atoms with van der Waals surface area (Å²) in [7, 11) is 0. The molecule has 0 radical (unpaired) electrons. The van der Waals surface area contributed by atoms with E-state index in [9.17, 15) is 9.59 Å². The summed E-state index contributed by atoms with van der Waals surface area (Å²) in [6.07, 6.45) is 3.92. The van der Waals surface area contributed by atoms with Crippen LogP contribution in [0, 0.1) is 11.8 Å². The highest BCUT2D eigenvalue weighted by Crippen LogP contribution is 2.15. The third kappa shape index (κ3) is 7.30. The molecule has 0 heterocycles. The SMILES string of the molecule is CSCC[C@@H](N)C(=O)C(C)Cc1cccc(C[C@@H](N)C(=O)C(C)C)c1. The molecule has 3 atom stereocenters. The van der Waals surface area contributed by atoms with Crippen molar-refractivity contribution in [2.45, 2.75) is 52.1 Å². The molecule has 0 aromatic heterocycles. The van der Waals surface area contributed by atoms with Crippen LogP contribution in [0.4, 0.5) is 0 Å². The van der Waals surface area contributed by atoms with E-state index in [-0.39, 0.29) is 29.4 Å². The lowest BCUT2D eigenvalue weighted by molar-refractivity contribution is -0.124. The number of thioether (sulfide) groups is 1. The number of ketones is 2. The van der Waals surface area contributed by atoms with Crippen LogP contribution in [0.5, 0.6) is 0 Å². The highest BCUT2D eigenvalue weighted by molar-refractivity contribution is 7.98. The summed E-state index contributed by atoms with van der Waals surface area (Å²) in [4.78, 5) is 24.4. The van der Waals surface area contributed by atoms with Crippen LogP contribution >= 0.6 is 11.8 Å². The Labute approximate surface area is 156 Å². The Hall–Kier alpha value is -1.17. The molecule has 0 amide bonds. The Bertz CT molecular complexity index is 575. The summed E-state index contributed by atoms with van der Waals surface area (Å²) in [5.74, 6) is 0.924. The molecule has 4 nitrogen and oxygen atoms in total. The summed E-state index contributed by atoms with van der Waals surface area (Å²) in [5, 5.41) is 0. The van der Waals surface area contributed by atoms with Gasteiger partial charge in [0.25, 0.3) is 0 Å². The molecule has 0 bridgehead atoms. The van der Waals surface area contributed by atoms with E-state index in [0.717, 1.165) is 23.3 Å². The molecule has 0 aliphatic rings. The Morgan fingerprint density at radius 3 is 2.16 bits per heavy atom. The van der Waals surface area contributed by atoms with Crippen LogP contribution in [0.2, 0.25) is 0 Å². The zero-order valence-corrected chi connectivity index (χ0v) is 16.6. The van der Waals surface area contributed by atoms with Crippen molar-refractivity contribution < 1.29 is 9.59 Å². The molecule has 0 aliphatic carbocycles. The van der Waals surface area contributed by atoms with Gasteiger partial charge in [-0.25, -0.2) is 0 Å². The van der Waals surface area contributed by atoms with Crippen molar-refractivity contribution in [3.8, 4) is 0 Å². The number of carbonyl (C=O) groups excluding carboxylic acids is 2. The summed E-state index contributed by atoms with van der Waals surface area (Å²) in [5.41, 5.74) is 14.1. The molecule has 0 fully saturated rings. The summed E-state index contributed by atoms with van der Waals surface area (Å²) in [6, 6.07) is 7.13. The minimum absolute atomic E-state index is 0.0569. The minimum Gasteiger partial charge on any atom is -0.321 e. The van der Waals surface area contributed by atoms with Crippen molar-refractivity contribution in [2.75, 3.05) is 12.0 Å². The van der Waals surface area contributed by atoms with Crippen molar-refractivity contribution in [1.82, 2.24) is 0 Å². The first-order valence-electron chi connectivity index (χ1n) is 8.91. The van der Waals surface area contributed by atoms with Crippen LogP contribution in [0.25, 0.3) is 0 Å². The molecular weight excluding hydrogens is 332 g/mol. The van der Waals surface area contributed by atoms with Crippen LogP contribution in [-0.4, -0.2) is 35.7 Å². The second kappa shape index (κ2) is 10.7. The van der Waals surface area contributed by atoms with E-state index >= 15 is 0 Å². The predicted molar refractivity (Wildman–Crippen MR) is 107 cm³/mol. The number of rotatable bonds is 11. The van der Waals surface area contributed by atoms with E-state index in [0.29, 0.717) is 12.8 Å². The molecule has 0 spiro atoms. The zero-order chi connectivity index (χ0) is 19.0. The second-order valence-corrected chi connectivity index (χ2v) is 8.07. The third-order valence-electron chi connectivity index (χ3n) is 4.41. The third-order valence-corrected chi connectivity index (χ3v) is 5.05. The number of carbonyl (C=O) groups is 2. The van der Waals surface area contributed by atoms with Gasteiger partial charge in [-0.2, -0.15) is 11.8 Å². The average molecular weight is 365 g/mol. The van der Waals surface area contributed by atoms with E-state index in [4.69, 9.17) is 11.5 Å². The van der Waals surface area contributed by atoms with E-state index < -0.39 is 6.04 Å². The van der Waals surface area contributed by atoms with Gasteiger partial charge in [-0.15, -0.1) is 0 Å². The lowest BCUT2D eigenvalue weighted by Gasteiger charge is -2.17. The van der Waals surface area contributed by atoms with Gasteiger partial charge in [0.15, 0.2) is 11.6 Å². The van der Waals surface area contributed by atoms with E-state index in [1.807, 2.05) is 51.3 Å². The van der Waals surface area contributed by atoms with Crippen molar-refractivity contribution >= 4 is 23.3 Å². The summed E-state index contributed by atoms with van der Waals surface area (Å²) in [6.45, 7) is 5.67. The molecule has 0 saturated carbocycles. The molecule has 0 saturated heterocycles. The highest BCUT2D eigenvalue weighted by atomic mass is 32.2. The van der Waals surface area contributed by atoms with Gasteiger partial charge in [-0.1, -0.05) is 45.0 Å². The van der Waals surface area contributed by atoms with Crippen molar-refractivity contribution in [3.05, 3.63) is 35.4 Å². The van der Waals surface area contributed by atoms with Crippen LogP contribution in [0.1, 0.15) is 38.3 Å². The van der Waals surface area contributed by atoms with Gasteiger partial charge < -0.3 is 11.5 Å². The van der Waals surface area contributed by atoms with Gasteiger partial charge in [0.05, 0.1) is 12.1 Å². The highest BCUT2D eigenvalue weighted by Gasteiger charge is 2.21. The fourth-order valence-electron chi connectivity index (χ4n) is 2.87. The Morgan fingerprint density at radius 1 is 1.00 bits per heavy atom. The first-order valence-corrected chi connectivity index (χ1v) is 10.3. The maximum atomic E-state index is 12.4. The van der Waals surface area contributed by atoms with Crippen molar-refractivity contribution in [2.24, 2.45) is 23.3 Å². The smallest absolute Gasteiger partial charge is 0.152 e. The first kappa shape index (κ1) is 21.9. The lowest BCUT2D eigenvalue weighted by atomic mass is 9.90. The topological polar surface area (TPSA) is 86.2 Å². The van der Waals surface area contributed by atoms with Crippen molar-refractivity contribution in [3.63, 3.8) is 0 Å². The molecule has 1 unspecified atom stereocenters. The molecule has 4 N–H and O–H groups in total.